The Bertz CT molecular complexity index is 729. The first kappa shape index (κ1) is 14.9. The number of aromatic nitrogens is 2. The maximum absolute atomic E-state index is 11.7. The first-order valence-corrected chi connectivity index (χ1v) is 7.03. The van der Waals surface area contributed by atoms with E-state index >= 15 is 0 Å². The average Bonchev–Trinajstić information content (AvgIpc) is 2.40. The van der Waals surface area contributed by atoms with Gasteiger partial charge in [-0.3, -0.25) is 9.59 Å². The van der Waals surface area contributed by atoms with Gasteiger partial charge in [-0.25, -0.2) is 4.98 Å². The van der Waals surface area contributed by atoms with Gasteiger partial charge in [-0.1, -0.05) is 0 Å². The zero-order valence-corrected chi connectivity index (χ0v) is 12.2. The van der Waals surface area contributed by atoms with Crippen molar-refractivity contribution < 1.29 is 4.79 Å². The second-order valence-corrected chi connectivity index (χ2v) is 5.22. The summed E-state index contributed by atoms with van der Waals surface area (Å²) in [6.07, 6.45) is 0. The van der Waals surface area contributed by atoms with Crippen molar-refractivity contribution in [1.82, 2.24) is 15.3 Å². The van der Waals surface area contributed by atoms with Crippen LogP contribution in [-0.2, 0) is 0 Å². The van der Waals surface area contributed by atoms with Crippen LogP contribution in [0.4, 0.5) is 11.5 Å². The molecule has 6 N–H and O–H groups in total. The number of nitrogens with zero attached hydrogens (tertiary/aromatic N) is 1. The first-order valence-electron chi connectivity index (χ1n) is 6.22. The summed E-state index contributed by atoms with van der Waals surface area (Å²) < 4.78 is 0. The van der Waals surface area contributed by atoms with Crippen molar-refractivity contribution >= 4 is 29.2 Å². The molecule has 0 spiro atoms. The van der Waals surface area contributed by atoms with E-state index in [1.807, 2.05) is 6.92 Å². The Hall–Kier alpha value is -2.48. The highest BCUT2D eigenvalue weighted by Crippen LogP contribution is 2.30. The lowest BCUT2D eigenvalue weighted by molar-refractivity contribution is 0.0956. The summed E-state index contributed by atoms with van der Waals surface area (Å²) in [5, 5.41) is 3.04. The van der Waals surface area contributed by atoms with E-state index in [1.165, 1.54) is 17.8 Å². The Morgan fingerprint density at radius 3 is 2.76 bits per heavy atom. The molecule has 0 bridgehead atoms. The summed E-state index contributed by atoms with van der Waals surface area (Å²) in [5.41, 5.74) is 12.0. The molecule has 8 heteroatoms. The standard InChI is InChI=1S/C13H15N5O2S/c1-2-16-12(20)7-3-4-9(8(14)5-7)21-13-17-10(15)6-11(19)18-13/h3-6H,2,14H2,1H3,(H,16,20)(H3,15,17,18,19). The van der Waals surface area contributed by atoms with Gasteiger partial charge in [0.15, 0.2) is 5.16 Å². The van der Waals surface area contributed by atoms with Crippen molar-refractivity contribution in [2.24, 2.45) is 0 Å². The molecule has 110 valence electrons. The molecule has 0 unspecified atom stereocenters. The van der Waals surface area contributed by atoms with Crippen LogP contribution in [0.1, 0.15) is 17.3 Å². The van der Waals surface area contributed by atoms with Gasteiger partial charge in [-0.05, 0) is 36.9 Å². The number of rotatable bonds is 4. The van der Waals surface area contributed by atoms with Crippen molar-refractivity contribution in [3.8, 4) is 0 Å². The fourth-order valence-corrected chi connectivity index (χ4v) is 2.47. The predicted octanol–water partition coefficient (Wildman–Crippen LogP) is 0.835. The van der Waals surface area contributed by atoms with E-state index in [4.69, 9.17) is 11.5 Å². The van der Waals surface area contributed by atoms with Crippen LogP contribution < -0.4 is 22.3 Å². The van der Waals surface area contributed by atoms with Gasteiger partial charge in [0.1, 0.15) is 5.82 Å². The highest BCUT2D eigenvalue weighted by molar-refractivity contribution is 7.99. The molecular formula is C13H15N5O2S. The minimum atomic E-state index is -0.331. The van der Waals surface area contributed by atoms with E-state index in [-0.39, 0.29) is 17.3 Å². The fraction of sp³-hybridized carbons (Fsp3) is 0.154. The second kappa shape index (κ2) is 6.31. The lowest BCUT2D eigenvalue weighted by Crippen LogP contribution is -2.22. The lowest BCUT2D eigenvalue weighted by atomic mass is 10.2. The number of nitrogens with one attached hydrogen (secondary N) is 2. The first-order chi connectivity index (χ1) is 9.99. The molecule has 0 saturated carbocycles. The van der Waals surface area contributed by atoms with Crippen molar-refractivity contribution in [3.63, 3.8) is 0 Å². The van der Waals surface area contributed by atoms with Gasteiger partial charge in [0.05, 0.1) is 0 Å². The SMILES string of the molecule is CCNC(=O)c1ccc(Sc2nc(N)cc(=O)[nH]2)c(N)c1. The van der Waals surface area contributed by atoms with Gasteiger partial charge in [-0.15, -0.1) is 0 Å². The molecule has 0 radical (unpaired) electrons. The number of hydrogen-bond acceptors (Lipinski definition) is 6. The quantitative estimate of drug-likeness (QED) is 0.489. The van der Waals surface area contributed by atoms with Crippen LogP contribution in [0.15, 0.2) is 39.1 Å². The number of amides is 1. The Labute approximate surface area is 125 Å². The van der Waals surface area contributed by atoms with E-state index in [2.05, 4.69) is 15.3 Å². The minimum absolute atomic E-state index is 0.138. The number of benzene rings is 1. The van der Waals surface area contributed by atoms with Gasteiger partial charge >= 0.3 is 0 Å². The number of hydrogen-bond donors (Lipinski definition) is 4. The van der Waals surface area contributed by atoms with E-state index in [9.17, 15) is 9.59 Å². The number of nitrogen functional groups attached to an aromatic ring is 2. The predicted molar refractivity (Wildman–Crippen MR) is 82.3 cm³/mol. The molecule has 0 saturated heterocycles. The van der Waals surface area contributed by atoms with Gasteiger partial charge < -0.3 is 21.8 Å². The van der Waals surface area contributed by atoms with Gasteiger partial charge in [0.2, 0.25) is 0 Å². The molecule has 2 aromatic rings. The largest absolute Gasteiger partial charge is 0.398 e. The van der Waals surface area contributed by atoms with Gasteiger partial charge in [0.25, 0.3) is 11.5 Å². The maximum Gasteiger partial charge on any atom is 0.253 e. The van der Waals surface area contributed by atoms with E-state index in [1.54, 1.807) is 18.2 Å². The van der Waals surface area contributed by atoms with Gasteiger partial charge in [-0.2, -0.15) is 0 Å². The van der Waals surface area contributed by atoms with Crippen molar-refractivity contribution in [2.75, 3.05) is 18.0 Å². The third kappa shape index (κ3) is 3.76. The zero-order valence-electron chi connectivity index (χ0n) is 11.3. The molecule has 0 aliphatic rings. The number of H-pyrrole nitrogens is 1. The third-order valence-electron chi connectivity index (χ3n) is 2.56. The van der Waals surface area contributed by atoms with Crippen LogP contribution in [0.2, 0.25) is 0 Å². The highest BCUT2D eigenvalue weighted by atomic mass is 32.2. The topological polar surface area (TPSA) is 127 Å². The Balaban J connectivity index is 2.25. The molecule has 2 rings (SSSR count). The number of anilines is 2. The van der Waals surface area contributed by atoms with Crippen LogP contribution in [0.3, 0.4) is 0 Å². The lowest BCUT2D eigenvalue weighted by Gasteiger charge is -2.08. The molecule has 7 nitrogen and oxygen atoms in total. The summed E-state index contributed by atoms with van der Waals surface area (Å²) in [5.74, 6) is -0.0463. The molecule has 0 aliphatic carbocycles. The molecule has 0 fully saturated rings. The van der Waals surface area contributed by atoms with Crippen molar-refractivity contribution in [2.45, 2.75) is 17.0 Å². The second-order valence-electron chi connectivity index (χ2n) is 4.19. The van der Waals surface area contributed by atoms with Crippen LogP contribution in [0, 0.1) is 0 Å². The third-order valence-corrected chi connectivity index (χ3v) is 3.53. The maximum atomic E-state index is 11.7. The monoisotopic (exact) mass is 305 g/mol. The van der Waals surface area contributed by atoms with Crippen molar-refractivity contribution in [1.29, 1.82) is 0 Å². The Morgan fingerprint density at radius 2 is 2.14 bits per heavy atom. The summed E-state index contributed by atoms with van der Waals surface area (Å²) in [4.78, 5) is 30.3. The van der Waals surface area contributed by atoms with Crippen molar-refractivity contribution in [3.05, 3.63) is 40.2 Å². The molecule has 1 aromatic heterocycles. The minimum Gasteiger partial charge on any atom is -0.398 e. The molecule has 1 heterocycles. The van der Waals surface area contributed by atoms with E-state index in [0.29, 0.717) is 27.8 Å². The Kier molecular flexibility index (Phi) is 4.49. The summed E-state index contributed by atoms with van der Waals surface area (Å²) >= 11 is 1.17. The van der Waals surface area contributed by atoms with Crippen LogP contribution in [-0.4, -0.2) is 22.4 Å². The number of carbonyl (C=O) groups is 1. The van der Waals surface area contributed by atoms with Gasteiger partial charge in [0, 0.05) is 28.8 Å². The summed E-state index contributed by atoms with van der Waals surface area (Å²) in [6.45, 7) is 2.39. The van der Waals surface area contributed by atoms with Crippen LogP contribution in [0.5, 0.6) is 0 Å². The molecule has 1 aromatic carbocycles. The zero-order chi connectivity index (χ0) is 15.4. The fourth-order valence-electron chi connectivity index (χ4n) is 1.65. The normalized spacial score (nSPS) is 10.3. The Morgan fingerprint density at radius 1 is 1.38 bits per heavy atom. The molecular weight excluding hydrogens is 290 g/mol. The highest BCUT2D eigenvalue weighted by Gasteiger charge is 2.09. The summed E-state index contributed by atoms with van der Waals surface area (Å²) in [6, 6.07) is 6.14. The smallest absolute Gasteiger partial charge is 0.253 e. The molecule has 1 amide bonds. The molecule has 0 atom stereocenters. The number of carbonyl (C=O) groups excluding carboxylic acids is 1. The number of nitrogens with two attached hydrogens (primary N) is 2. The van der Waals surface area contributed by atoms with E-state index < -0.39 is 0 Å². The summed E-state index contributed by atoms with van der Waals surface area (Å²) in [7, 11) is 0. The average molecular weight is 305 g/mol. The van der Waals surface area contributed by atoms with Crippen LogP contribution >= 0.6 is 11.8 Å². The molecule has 0 aliphatic heterocycles. The van der Waals surface area contributed by atoms with E-state index in [0.717, 1.165) is 0 Å². The number of aromatic amines is 1. The van der Waals surface area contributed by atoms with Crippen LogP contribution in [0.25, 0.3) is 0 Å². The molecule has 21 heavy (non-hydrogen) atoms.